The maximum atomic E-state index is 12.4. The van der Waals surface area contributed by atoms with E-state index in [2.05, 4.69) is 0 Å². The molecule has 7 nitrogen and oxygen atoms in total. The van der Waals surface area contributed by atoms with Crippen LogP contribution in [0.5, 0.6) is 0 Å². The molecule has 2 N–H and O–H groups in total. The fourth-order valence-electron chi connectivity index (χ4n) is 2.15. The molecule has 1 unspecified atom stereocenters. The average molecular weight is 345 g/mol. The zero-order valence-electron chi connectivity index (χ0n) is 12.5. The maximum Gasteiger partial charge on any atom is 1.00 e. The first-order chi connectivity index (χ1) is 9.24. The summed E-state index contributed by atoms with van der Waals surface area (Å²) in [6, 6.07) is 5.22. The normalized spacial score (nSPS) is 18.2. The summed E-state index contributed by atoms with van der Waals surface area (Å²) in [5.41, 5.74) is -2.63. The number of hydrogen-bond acceptors (Lipinski definition) is 5. The number of hydrogen-bond donors (Lipinski definition) is 2. The van der Waals surface area contributed by atoms with Crippen LogP contribution in [0, 0.1) is 0 Å². The molecule has 0 spiro atoms. The Hall–Kier alpha value is 0. The van der Waals surface area contributed by atoms with Crippen molar-refractivity contribution in [3.63, 3.8) is 0 Å². The molecule has 0 radical (unpaired) electrons. The Bertz CT molecular complexity index is 703. The minimum Gasteiger partial charge on any atom is -1.00 e. The van der Waals surface area contributed by atoms with Gasteiger partial charge in [-0.15, -0.1) is 0 Å². The minimum absolute atomic E-state index is 0. The van der Waals surface area contributed by atoms with Gasteiger partial charge in [-0.25, -0.2) is 8.42 Å². The van der Waals surface area contributed by atoms with Gasteiger partial charge in [0.2, 0.25) is 15.5 Å². The van der Waals surface area contributed by atoms with Crippen molar-refractivity contribution < 1.29 is 57.5 Å². The SMILES string of the molecule is O=S(=O)(O)C(O)c1ccccc1S(=O)(=O)N1CCCC1.[H-].[Na+]. The van der Waals surface area contributed by atoms with Crippen LogP contribution in [0.25, 0.3) is 0 Å². The van der Waals surface area contributed by atoms with Crippen LogP contribution in [-0.4, -0.2) is 43.9 Å². The summed E-state index contributed by atoms with van der Waals surface area (Å²) >= 11 is 0. The molecule has 1 fully saturated rings. The van der Waals surface area contributed by atoms with E-state index in [9.17, 15) is 21.9 Å². The van der Waals surface area contributed by atoms with Gasteiger partial charge in [0.05, 0.1) is 4.90 Å². The van der Waals surface area contributed by atoms with Crippen LogP contribution >= 0.6 is 0 Å². The van der Waals surface area contributed by atoms with Crippen LogP contribution < -0.4 is 29.6 Å². The molecular weight excluding hydrogens is 329 g/mol. The molecule has 0 saturated carbocycles. The predicted octanol–water partition coefficient (Wildman–Crippen LogP) is -2.53. The molecule has 1 aromatic rings. The summed E-state index contributed by atoms with van der Waals surface area (Å²) in [7, 11) is -8.67. The van der Waals surface area contributed by atoms with Gasteiger partial charge in [0.15, 0.2) is 0 Å². The molecule has 1 heterocycles. The summed E-state index contributed by atoms with van der Waals surface area (Å²) in [4.78, 5) is -0.299. The number of aliphatic hydroxyl groups is 1. The molecular formula is C11H16NNaO6S2. The molecule has 1 saturated heterocycles. The Labute approximate surface area is 147 Å². The van der Waals surface area contributed by atoms with Crippen LogP contribution in [0.1, 0.15) is 25.3 Å². The van der Waals surface area contributed by atoms with E-state index >= 15 is 0 Å². The predicted molar refractivity (Wildman–Crippen MR) is 72.1 cm³/mol. The molecule has 114 valence electrons. The summed E-state index contributed by atoms with van der Waals surface area (Å²) < 4.78 is 57.1. The molecule has 2 rings (SSSR count). The zero-order valence-corrected chi connectivity index (χ0v) is 15.1. The molecule has 1 atom stereocenters. The van der Waals surface area contributed by atoms with Gasteiger partial charge in [-0.1, -0.05) is 18.2 Å². The second-order valence-corrected chi connectivity index (χ2v) is 7.90. The summed E-state index contributed by atoms with van der Waals surface area (Å²) in [6.07, 6.45) is 1.48. The van der Waals surface area contributed by atoms with Gasteiger partial charge in [0, 0.05) is 18.7 Å². The summed E-state index contributed by atoms with van der Waals surface area (Å²) in [6.45, 7) is 0.720. The first-order valence-electron chi connectivity index (χ1n) is 5.98. The van der Waals surface area contributed by atoms with Crippen molar-refractivity contribution in [1.82, 2.24) is 4.31 Å². The van der Waals surface area contributed by atoms with Crippen molar-refractivity contribution in [3.05, 3.63) is 29.8 Å². The molecule has 1 aromatic carbocycles. The van der Waals surface area contributed by atoms with Crippen LogP contribution in [-0.2, 0) is 20.1 Å². The van der Waals surface area contributed by atoms with Gasteiger partial charge in [0.1, 0.15) is 0 Å². The fraction of sp³-hybridized carbons (Fsp3) is 0.455. The Morgan fingerprint density at radius 1 is 1.10 bits per heavy atom. The Balaban J connectivity index is 0.00000220. The minimum atomic E-state index is -4.79. The van der Waals surface area contributed by atoms with Gasteiger partial charge >= 0.3 is 29.6 Å². The number of sulfonamides is 1. The molecule has 1 aliphatic heterocycles. The van der Waals surface area contributed by atoms with Gasteiger partial charge in [0.25, 0.3) is 10.1 Å². The van der Waals surface area contributed by atoms with Crippen LogP contribution in [0.2, 0.25) is 0 Å². The summed E-state index contributed by atoms with van der Waals surface area (Å²) in [5, 5.41) is 9.62. The first-order valence-corrected chi connectivity index (χ1v) is 8.92. The number of benzene rings is 1. The molecule has 0 bridgehead atoms. The van der Waals surface area contributed by atoms with Crippen molar-refractivity contribution in [2.75, 3.05) is 13.1 Å². The van der Waals surface area contributed by atoms with Crippen molar-refractivity contribution in [3.8, 4) is 0 Å². The molecule has 21 heavy (non-hydrogen) atoms. The molecule has 0 amide bonds. The Kier molecular flexibility index (Phi) is 6.40. The van der Waals surface area contributed by atoms with E-state index in [0.717, 1.165) is 12.8 Å². The van der Waals surface area contributed by atoms with Crippen molar-refractivity contribution in [1.29, 1.82) is 0 Å². The van der Waals surface area contributed by atoms with E-state index in [1.807, 2.05) is 0 Å². The standard InChI is InChI=1S/C11H15NO6S2.Na.H/c13-11(20(16,17)18)9-5-1-2-6-10(9)19(14,15)12-7-3-4-8-12;;/h1-2,5-6,11,13H,3-4,7-8H2,(H,16,17,18);;/q;+1;-1. The van der Waals surface area contributed by atoms with Crippen molar-refractivity contribution in [2.24, 2.45) is 0 Å². The largest absolute Gasteiger partial charge is 1.00 e. The van der Waals surface area contributed by atoms with E-state index in [1.54, 1.807) is 0 Å². The topological polar surface area (TPSA) is 112 Å². The first kappa shape index (κ1) is 19.0. The van der Waals surface area contributed by atoms with E-state index in [0.29, 0.717) is 13.1 Å². The number of nitrogens with zero attached hydrogens (tertiary/aromatic N) is 1. The monoisotopic (exact) mass is 345 g/mol. The molecule has 0 aromatic heterocycles. The third-order valence-corrected chi connectivity index (χ3v) is 5.94. The zero-order chi connectivity index (χ0) is 15.0. The van der Waals surface area contributed by atoms with Crippen molar-refractivity contribution in [2.45, 2.75) is 23.2 Å². The van der Waals surface area contributed by atoms with Crippen molar-refractivity contribution >= 4 is 20.1 Å². The van der Waals surface area contributed by atoms with Crippen LogP contribution in [0.3, 0.4) is 0 Å². The average Bonchev–Trinajstić information content (AvgIpc) is 2.91. The fourth-order valence-corrected chi connectivity index (χ4v) is 4.49. The second kappa shape index (κ2) is 7.05. The van der Waals surface area contributed by atoms with E-state index in [1.165, 1.54) is 28.6 Å². The summed E-state index contributed by atoms with van der Waals surface area (Å²) in [5.74, 6) is 0. The van der Waals surface area contributed by atoms with Gasteiger partial charge in [-0.2, -0.15) is 12.7 Å². The van der Waals surface area contributed by atoms with Gasteiger partial charge in [-0.3, -0.25) is 4.55 Å². The molecule has 10 heteroatoms. The second-order valence-electron chi connectivity index (χ2n) is 4.52. The molecule has 0 aliphatic carbocycles. The number of rotatable bonds is 4. The Morgan fingerprint density at radius 2 is 1.62 bits per heavy atom. The molecule has 1 aliphatic rings. The van der Waals surface area contributed by atoms with E-state index in [-0.39, 0.29) is 41.4 Å². The smallest absolute Gasteiger partial charge is 1.00 e. The van der Waals surface area contributed by atoms with Crippen LogP contribution in [0.15, 0.2) is 29.2 Å². The Morgan fingerprint density at radius 3 is 2.14 bits per heavy atom. The van der Waals surface area contributed by atoms with Gasteiger partial charge in [-0.05, 0) is 18.9 Å². The third kappa shape index (κ3) is 4.05. The van der Waals surface area contributed by atoms with Crippen LogP contribution in [0.4, 0.5) is 0 Å². The maximum absolute atomic E-state index is 12.4. The van der Waals surface area contributed by atoms with E-state index < -0.39 is 25.6 Å². The van der Waals surface area contributed by atoms with E-state index in [4.69, 9.17) is 4.55 Å². The third-order valence-electron chi connectivity index (χ3n) is 3.15. The quantitative estimate of drug-likeness (QED) is 0.460. The number of aliphatic hydroxyl groups excluding tert-OH is 1. The van der Waals surface area contributed by atoms with Gasteiger partial charge < -0.3 is 6.53 Å².